The van der Waals surface area contributed by atoms with Crippen LogP contribution in [0.4, 0.5) is 4.39 Å². The highest BCUT2D eigenvalue weighted by atomic mass is 35.5. The number of rotatable bonds is 7. The Kier molecular flexibility index (Phi) is 6.30. The van der Waals surface area contributed by atoms with Crippen molar-refractivity contribution in [1.82, 2.24) is 20.1 Å². The summed E-state index contributed by atoms with van der Waals surface area (Å²) in [5.74, 6) is -0.529. The minimum Gasteiger partial charge on any atom is -0.404 e. The summed E-state index contributed by atoms with van der Waals surface area (Å²) in [7, 11) is 1.90. The monoisotopic (exact) mass is 448 g/mol. The first-order valence-electron chi connectivity index (χ1n) is 10.0. The van der Waals surface area contributed by atoms with Gasteiger partial charge in [-0.3, -0.25) is 15.1 Å². The Hall–Kier alpha value is -3.55. The molecule has 2 aromatic heterocycles. The van der Waals surface area contributed by atoms with E-state index in [1.807, 2.05) is 54.6 Å². The van der Waals surface area contributed by atoms with Crippen LogP contribution < -0.4 is 11.1 Å². The summed E-state index contributed by atoms with van der Waals surface area (Å²) in [6, 6.07) is 11.7. The number of aromatic nitrogens is 3. The Morgan fingerprint density at radius 3 is 2.81 bits per heavy atom. The summed E-state index contributed by atoms with van der Waals surface area (Å²) in [4.78, 5) is 4.55. The molecule has 4 N–H and O–H groups in total. The lowest BCUT2D eigenvalue weighted by molar-refractivity contribution is 0.585. The van der Waals surface area contributed by atoms with E-state index in [9.17, 15) is 4.39 Å². The Morgan fingerprint density at radius 2 is 2.03 bits per heavy atom. The molecule has 6 nitrogen and oxygen atoms in total. The highest BCUT2D eigenvalue weighted by Crippen LogP contribution is 2.28. The molecule has 0 aliphatic heterocycles. The second kappa shape index (κ2) is 9.30. The third-order valence-electron chi connectivity index (χ3n) is 5.18. The van der Waals surface area contributed by atoms with Crippen molar-refractivity contribution in [2.75, 3.05) is 13.6 Å². The molecule has 0 spiro atoms. The van der Waals surface area contributed by atoms with Gasteiger partial charge in [0.25, 0.3) is 0 Å². The fourth-order valence-corrected chi connectivity index (χ4v) is 3.65. The summed E-state index contributed by atoms with van der Waals surface area (Å²) in [5.41, 5.74) is 9.69. The molecule has 0 fully saturated rings. The van der Waals surface area contributed by atoms with Gasteiger partial charge in [0.05, 0.1) is 24.0 Å². The molecular formula is C24H22ClFN6. The lowest BCUT2D eigenvalue weighted by atomic mass is 9.95. The molecule has 0 bridgehead atoms. The van der Waals surface area contributed by atoms with Gasteiger partial charge in [-0.15, -0.1) is 0 Å². The molecule has 2 aromatic carbocycles. The number of likely N-dealkylation sites (N-methyl/N-ethyl adjacent to an activating group) is 1. The van der Waals surface area contributed by atoms with Crippen molar-refractivity contribution in [3.05, 3.63) is 89.2 Å². The smallest absolute Gasteiger partial charge is 0.132 e. The van der Waals surface area contributed by atoms with Gasteiger partial charge in [-0.05, 0) is 49.0 Å². The number of hydrogen-bond donors (Lipinski definition) is 3. The summed E-state index contributed by atoms with van der Waals surface area (Å²) in [5, 5.41) is 17.2. The van der Waals surface area contributed by atoms with Gasteiger partial charge in [0.1, 0.15) is 5.82 Å². The van der Waals surface area contributed by atoms with Crippen LogP contribution in [0.5, 0.6) is 0 Å². The number of allylic oxidation sites excluding steroid dienone is 1. The first-order valence-corrected chi connectivity index (χ1v) is 10.4. The van der Waals surface area contributed by atoms with Gasteiger partial charge in [0.2, 0.25) is 0 Å². The lowest BCUT2D eigenvalue weighted by Gasteiger charge is -2.12. The van der Waals surface area contributed by atoms with Crippen molar-refractivity contribution < 1.29 is 4.39 Å². The largest absolute Gasteiger partial charge is 0.404 e. The predicted octanol–water partition coefficient (Wildman–Crippen LogP) is 4.48. The summed E-state index contributed by atoms with van der Waals surface area (Å²) in [6.45, 7) is 1.60. The SMILES string of the molecule is CNCCn1cc(-c2cnc3ccc(/C(=C/N)C(=N)c4cc(Cl)ccc4F)cc3c2)cn1. The normalized spacial score (nSPS) is 11.8. The van der Waals surface area contributed by atoms with Crippen molar-refractivity contribution in [3.8, 4) is 11.1 Å². The molecule has 0 saturated heterocycles. The Labute approximate surface area is 190 Å². The minimum absolute atomic E-state index is 0.0400. The molecule has 0 saturated carbocycles. The molecule has 4 aromatic rings. The van der Waals surface area contributed by atoms with Crippen LogP contribution in [-0.2, 0) is 6.54 Å². The molecular weight excluding hydrogens is 427 g/mol. The number of benzene rings is 2. The number of halogens is 2. The molecule has 0 radical (unpaired) electrons. The maximum absolute atomic E-state index is 14.3. The molecule has 0 amide bonds. The van der Waals surface area contributed by atoms with E-state index in [2.05, 4.69) is 15.4 Å². The van der Waals surface area contributed by atoms with Gasteiger partial charge in [0, 0.05) is 57.8 Å². The van der Waals surface area contributed by atoms with Crippen LogP contribution >= 0.6 is 11.6 Å². The average molecular weight is 449 g/mol. The second-order valence-corrected chi connectivity index (χ2v) is 7.74. The topological polar surface area (TPSA) is 92.6 Å². The van der Waals surface area contributed by atoms with Crippen LogP contribution in [0.1, 0.15) is 11.1 Å². The predicted molar refractivity (Wildman–Crippen MR) is 127 cm³/mol. The van der Waals surface area contributed by atoms with E-state index in [1.54, 1.807) is 0 Å². The zero-order valence-corrected chi connectivity index (χ0v) is 18.2. The summed E-state index contributed by atoms with van der Waals surface area (Å²) < 4.78 is 16.2. The van der Waals surface area contributed by atoms with Crippen LogP contribution in [0.3, 0.4) is 0 Å². The molecule has 8 heteroatoms. The Balaban J connectivity index is 1.69. The number of nitrogens with one attached hydrogen (secondary N) is 2. The molecule has 4 rings (SSSR count). The van der Waals surface area contributed by atoms with Crippen molar-refractivity contribution in [3.63, 3.8) is 0 Å². The van der Waals surface area contributed by atoms with Crippen molar-refractivity contribution >= 4 is 33.8 Å². The zero-order chi connectivity index (χ0) is 22.7. The van der Waals surface area contributed by atoms with E-state index in [1.165, 1.54) is 24.4 Å². The van der Waals surface area contributed by atoms with Crippen LogP contribution in [0.15, 0.2) is 67.3 Å². The van der Waals surface area contributed by atoms with Crippen LogP contribution in [0, 0.1) is 11.2 Å². The van der Waals surface area contributed by atoms with Gasteiger partial charge in [-0.1, -0.05) is 17.7 Å². The third kappa shape index (κ3) is 4.39. The minimum atomic E-state index is -0.529. The van der Waals surface area contributed by atoms with Crippen LogP contribution in [0.2, 0.25) is 5.02 Å². The van der Waals surface area contributed by atoms with Crippen LogP contribution in [0.25, 0.3) is 27.6 Å². The van der Waals surface area contributed by atoms with Crippen molar-refractivity contribution in [1.29, 1.82) is 5.41 Å². The molecule has 0 aliphatic rings. The maximum atomic E-state index is 14.3. The van der Waals surface area contributed by atoms with E-state index < -0.39 is 5.82 Å². The van der Waals surface area contributed by atoms with Gasteiger partial charge in [-0.25, -0.2) is 4.39 Å². The van der Waals surface area contributed by atoms with Gasteiger partial charge in [-0.2, -0.15) is 5.10 Å². The Morgan fingerprint density at radius 1 is 1.19 bits per heavy atom. The fraction of sp³-hybridized carbons (Fsp3) is 0.125. The number of pyridine rings is 1. The van der Waals surface area contributed by atoms with E-state index >= 15 is 0 Å². The third-order valence-corrected chi connectivity index (χ3v) is 5.42. The van der Waals surface area contributed by atoms with E-state index in [0.29, 0.717) is 16.2 Å². The van der Waals surface area contributed by atoms with E-state index in [-0.39, 0.29) is 11.3 Å². The summed E-state index contributed by atoms with van der Waals surface area (Å²) in [6.07, 6.45) is 6.91. The molecule has 32 heavy (non-hydrogen) atoms. The maximum Gasteiger partial charge on any atom is 0.132 e. The standard InChI is InChI=1S/C24H22ClFN6/c1-29-6-7-32-14-18(13-31-32)17-9-16-8-15(2-5-23(16)30-12-17)21(11-27)24(28)20-10-19(25)3-4-22(20)26/h2-5,8-14,28-29H,6-7,27H2,1H3/b21-11-,28-24?. The average Bonchev–Trinajstić information content (AvgIpc) is 3.28. The van der Waals surface area contributed by atoms with Gasteiger partial charge in [0.15, 0.2) is 0 Å². The number of fused-ring (bicyclic) bond motifs is 1. The number of hydrogen-bond acceptors (Lipinski definition) is 5. The molecule has 2 heterocycles. The zero-order valence-electron chi connectivity index (χ0n) is 17.4. The molecule has 0 atom stereocenters. The summed E-state index contributed by atoms with van der Waals surface area (Å²) >= 11 is 6.01. The van der Waals surface area contributed by atoms with Gasteiger partial charge >= 0.3 is 0 Å². The van der Waals surface area contributed by atoms with Crippen LogP contribution in [-0.4, -0.2) is 34.1 Å². The number of nitrogens with zero attached hydrogens (tertiary/aromatic N) is 3. The van der Waals surface area contributed by atoms with Crippen molar-refractivity contribution in [2.24, 2.45) is 5.73 Å². The fourth-order valence-electron chi connectivity index (χ4n) is 3.48. The van der Waals surface area contributed by atoms with E-state index in [4.69, 9.17) is 22.7 Å². The highest BCUT2D eigenvalue weighted by Gasteiger charge is 2.16. The first-order chi connectivity index (χ1) is 15.5. The second-order valence-electron chi connectivity index (χ2n) is 7.31. The highest BCUT2D eigenvalue weighted by molar-refractivity contribution is 6.33. The van der Waals surface area contributed by atoms with Crippen molar-refractivity contribution in [2.45, 2.75) is 6.54 Å². The molecule has 0 unspecified atom stereocenters. The molecule has 162 valence electrons. The van der Waals surface area contributed by atoms with E-state index in [0.717, 1.165) is 35.1 Å². The number of nitrogens with two attached hydrogens (primary N) is 1. The molecule has 0 aliphatic carbocycles. The Bertz CT molecular complexity index is 1330. The quantitative estimate of drug-likeness (QED) is 0.363. The first kappa shape index (κ1) is 21.7. The van der Waals surface area contributed by atoms with Gasteiger partial charge < -0.3 is 11.1 Å². The lowest BCUT2D eigenvalue weighted by Crippen LogP contribution is -2.14.